The lowest BCUT2D eigenvalue weighted by molar-refractivity contribution is 0.442. The standard InChI is InChI=1S/C9H18N2S/c1-2-9(7-12-5-1)11-8-3-4-10-6-8/h8-11H,1-7H2. The van der Waals surface area contributed by atoms with Crippen molar-refractivity contribution in [1.82, 2.24) is 10.6 Å². The Kier molecular flexibility index (Phi) is 3.31. The minimum absolute atomic E-state index is 0.758. The fourth-order valence-electron chi connectivity index (χ4n) is 2.00. The summed E-state index contributed by atoms with van der Waals surface area (Å²) in [6.07, 6.45) is 4.12. The van der Waals surface area contributed by atoms with Crippen molar-refractivity contribution in [2.45, 2.75) is 31.3 Å². The van der Waals surface area contributed by atoms with Gasteiger partial charge in [0.25, 0.3) is 0 Å². The second-order valence-corrected chi connectivity index (χ2v) is 4.92. The van der Waals surface area contributed by atoms with Crippen LogP contribution >= 0.6 is 11.8 Å². The summed E-state index contributed by atoms with van der Waals surface area (Å²) in [6.45, 7) is 2.39. The highest BCUT2D eigenvalue weighted by molar-refractivity contribution is 7.99. The molecule has 0 amide bonds. The van der Waals surface area contributed by atoms with E-state index in [0.29, 0.717) is 0 Å². The Morgan fingerprint density at radius 3 is 2.92 bits per heavy atom. The van der Waals surface area contributed by atoms with E-state index < -0.39 is 0 Å². The van der Waals surface area contributed by atoms with Crippen LogP contribution in [0, 0.1) is 0 Å². The third kappa shape index (κ3) is 2.38. The third-order valence-corrected chi connectivity index (χ3v) is 3.91. The van der Waals surface area contributed by atoms with Gasteiger partial charge in [0.1, 0.15) is 0 Å². The van der Waals surface area contributed by atoms with Crippen LogP contribution in [0.1, 0.15) is 19.3 Å². The molecule has 0 bridgehead atoms. The van der Waals surface area contributed by atoms with E-state index in [1.165, 1.54) is 43.9 Å². The Morgan fingerprint density at radius 2 is 2.25 bits per heavy atom. The van der Waals surface area contributed by atoms with Gasteiger partial charge in [-0.05, 0) is 31.6 Å². The molecule has 0 aromatic heterocycles. The van der Waals surface area contributed by atoms with E-state index in [9.17, 15) is 0 Å². The molecule has 2 aliphatic rings. The lowest BCUT2D eigenvalue weighted by Gasteiger charge is -2.25. The van der Waals surface area contributed by atoms with Crippen LogP contribution < -0.4 is 10.6 Å². The predicted molar refractivity (Wildman–Crippen MR) is 54.8 cm³/mol. The molecule has 0 aliphatic carbocycles. The molecule has 0 saturated carbocycles. The van der Waals surface area contributed by atoms with Gasteiger partial charge >= 0.3 is 0 Å². The molecule has 2 unspecified atom stereocenters. The van der Waals surface area contributed by atoms with Gasteiger partial charge in [-0.1, -0.05) is 0 Å². The van der Waals surface area contributed by atoms with E-state index in [0.717, 1.165) is 12.1 Å². The summed E-state index contributed by atoms with van der Waals surface area (Å²) >= 11 is 2.10. The van der Waals surface area contributed by atoms with Gasteiger partial charge in [-0.3, -0.25) is 0 Å². The van der Waals surface area contributed by atoms with Crippen LogP contribution in [0.15, 0.2) is 0 Å². The van der Waals surface area contributed by atoms with Crippen molar-refractivity contribution in [2.75, 3.05) is 24.6 Å². The molecule has 2 N–H and O–H groups in total. The van der Waals surface area contributed by atoms with Crippen LogP contribution in [0.2, 0.25) is 0 Å². The highest BCUT2D eigenvalue weighted by atomic mass is 32.2. The number of hydrogen-bond donors (Lipinski definition) is 2. The Hall–Kier alpha value is 0.270. The molecule has 0 aromatic rings. The molecule has 12 heavy (non-hydrogen) atoms. The van der Waals surface area contributed by atoms with Crippen molar-refractivity contribution in [1.29, 1.82) is 0 Å². The quantitative estimate of drug-likeness (QED) is 0.668. The Bertz CT molecular complexity index is 128. The molecule has 70 valence electrons. The van der Waals surface area contributed by atoms with Crippen molar-refractivity contribution in [3.05, 3.63) is 0 Å². The number of thioether (sulfide) groups is 1. The summed E-state index contributed by atoms with van der Waals surface area (Å²) in [6, 6.07) is 1.56. The fourth-order valence-corrected chi connectivity index (χ4v) is 3.09. The summed E-state index contributed by atoms with van der Waals surface area (Å²) in [5, 5.41) is 7.13. The van der Waals surface area contributed by atoms with E-state index in [1.54, 1.807) is 0 Å². The largest absolute Gasteiger partial charge is 0.315 e. The normalized spacial score (nSPS) is 37.0. The van der Waals surface area contributed by atoms with Gasteiger partial charge in [0.05, 0.1) is 0 Å². The van der Waals surface area contributed by atoms with Crippen LogP contribution in [0.3, 0.4) is 0 Å². The van der Waals surface area contributed by atoms with Crippen LogP contribution in [0.5, 0.6) is 0 Å². The summed E-state index contributed by atoms with van der Waals surface area (Å²) in [4.78, 5) is 0. The molecular formula is C9H18N2S. The zero-order valence-corrected chi connectivity index (χ0v) is 8.33. The molecule has 2 heterocycles. The van der Waals surface area contributed by atoms with Crippen molar-refractivity contribution in [3.63, 3.8) is 0 Å². The lowest BCUT2D eigenvalue weighted by Crippen LogP contribution is -2.42. The van der Waals surface area contributed by atoms with Crippen LogP contribution in [-0.2, 0) is 0 Å². The molecule has 2 rings (SSSR count). The third-order valence-electron chi connectivity index (χ3n) is 2.69. The van der Waals surface area contributed by atoms with Gasteiger partial charge in [0, 0.05) is 24.4 Å². The second-order valence-electron chi connectivity index (χ2n) is 3.77. The fraction of sp³-hybridized carbons (Fsp3) is 1.00. The maximum atomic E-state index is 3.73. The average molecular weight is 186 g/mol. The van der Waals surface area contributed by atoms with Crippen molar-refractivity contribution < 1.29 is 0 Å². The zero-order valence-electron chi connectivity index (χ0n) is 7.51. The minimum Gasteiger partial charge on any atom is -0.315 e. The average Bonchev–Trinajstić information content (AvgIpc) is 2.59. The number of hydrogen-bond acceptors (Lipinski definition) is 3. The summed E-state index contributed by atoms with van der Waals surface area (Å²) in [5.74, 6) is 2.71. The van der Waals surface area contributed by atoms with Gasteiger partial charge in [-0.2, -0.15) is 11.8 Å². The van der Waals surface area contributed by atoms with Crippen LogP contribution in [0.25, 0.3) is 0 Å². The molecular weight excluding hydrogens is 168 g/mol. The van der Waals surface area contributed by atoms with Gasteiger partial charge < -0.3 is 10.6 Å². The molecule has 2 nitrogen and oxygen atoms in total. The van der Waals surface area contributed by atoms with E-state index in [2.05, 4.69) is 22.4 Å². The Morgan fingerprint density at radius 1 is 1.25 bits per heavy atom. The van der Waals surface area contributed by atoms with E-state index in [1.807, 2.05) is 0 Å². The van der Waals surface area contributed by atoms with E-state index in [4.69, 9.17) is 0 Å². The number of rotatable bonds is 2. The molecule has 2 saturated heterocycles. The SMILES string of the molecule is C1CSCC(NC2CCNC2)C1. The maximum absolute atomic E-state index is 3.73. The first-order valence-corrected chi connectivity index (χ1v) is 6.15. The second kappa shape index (κ2) is 4.49. The maximum Gasteiger partial charge on any atom is 0.0207 e. The molecule has 0 spiro atoms. The highest BCUT2D eigenvalue weighted by Crippen LogP contribution is 2.17. The van der Waals surface area contributed by atoms with Crippen LogP contribution in [0.4, 0.5) is 0 Å². The van der Waals surface area contributed by atoms with Gasteiger partial charge in [-0.25, -0.2) is 0 Å². The van der Waals surface area contributed by atoms with Gasteiger partial charge in [-0.15, -0.1) is 0 Å². The zero-order chi connectivity index (χ0) is 8.23. The van der Waals surface area contributed by atoms with Crippen molar-refractivity contribution in [2.24, 2.45) is 0 Å². The smallest absolute Gasteiger partial charge is 0.0207 e. The number of nitrogens with one attached hydrogen (secondary N) is 2. The highest BCUT2D eigenvalue weighted by Gasteiger charge is 2.20. The van der Waals surface area contributed by atoms with E-state index in [-0.39, 0.29) is 0 Å². The van der Waals surface area contributed by atoms with E-state index >= 15 is 0 Å². The first-order valence-electron chi connectivity index (χ1n) is 4.99. The molecule has 0 radical (unpaired) electrons. The minimum atomic E-state index is 0.758. The molecule has 2 fully saturated rings. The first-order chi connectivity index (χ1) is 5.95. The summed E-state index contributed by atoms with van der Waals surface area (Å²) in [7, 11) is 0. The lowest BCUT2D eigenvalue weighted by atomic mass is 10.1. The predicted octanol–water partition coefficient (Wildman–Crippen LogP) is 0.833. The molecule has 2 atom stereocenters. The first kappa shape index (κ1) is 8.85. The Balaban J connectivity index is 1.69. The Labute approximate surface area is 78.9 Å². The van der Waals surface area contributed by atoms with Gasteiger partial charge in [0.2, 0.25) is 0 Å². The molecule has 3 heteroatoms. The van der Waals surface area contributed by atoms with Crippen molar-refractivity contribution in [3.8, 4) is 0 Å². The molecule has 2 aliphatic heterocycles. The molecule has 0 aromatic carbocycles. The topological polar surface area (TPSA) is 24.1 Å². The van der Waals surface area contributed by atoms with Crippen LogP contribution in [-0.4, -0.2) is 36.7 Å². The summed E-state index contributed by atoms with van der Waals surface area (Å²) in [5.41, 5.74) is 0. The summed E-state index contributed by atoms with van der Waals surface area (Å²) < 4.78 is 0. The van der Waals surface area contributed by atoms with Gasteiger partial charge in [0.15, 0.2) is 0 Å². The van der Waals surface area contributed by atoms with Crippen molar-refractivity contribution >= 4 is 11.8 Å². The monoisotopic (exact) mass is 186 g/mol.